The van der Waals surface area contributed by atoms with Crippen molar-refractivity contribution in [2.24, 2.45) is 0 Å². The maximum atomic E-state index is 12.5. The molecule has 2 aromatic rings. The van der Waals surface area contributed by atoms with Crippen molar-refractivity contribution in [1.82, 2.24) is 9.62 Å². The van der Waals surface area contributed by atoms with E-state index in [0.717, 1.165) is 0 Å². The van der Waals surface area contributed by atoms with Crippen LogP contribution in [-0.2, 0) is 10.0 Å². The molecule has 4 rings (SSSR count). The summed E-state index contributed by atoms with van der Waals surface area (Å²) in [4.78, 5) is 12.4. The van der Waals surface area contributed by atoms with Gasteiger partial charge in [-0.25, -0.2) is 8.42 Å². The summed E-state index contributed by atoms with van der Waals surface area (Å²) in [5.74, 6) is 1.01. The summed E-state index contributed by atoms with van der Waals surface area (Å²) in [5, 5.41) is 4.73. The average molecular weight is 394 g/mol. The van der Waals surface area contributed by atoms with Crippen molar-refractivity contribution in [3.8, 4) is 11.5 Å². The average Bonchev–Trinajstić information content (AvgIpc) is 3.33. The number of benzene rings is 1. The Balaban J connectivity index is 1.36. The topological polar surface area (TPSA) is 84.9 Å². The van der Waals surface area contributed by atoms with Gasteiger partial charge in [-0.05, 0) is 42.5 Å². The molecule has 1 fully saturated rings. The minimum Gasteiger partial charge on any atom is -0.454 e. The predicted molar refractivity (Wildman–Crippen MR) is 96.1 cm³/mol. The van der Waals surface area contributed by atoms with Crippen molar-refractivity contribution in [1.29, 1.82) is 0 Å². The van der Waals surface area contributed by atoms with Gasteiger partial charge in [-0.1, -0.05) is 6.07 Å². The lowest BCUT2D eigenvalue weighted by Gasteiger charge is -2.31. The lowest BCUT2D eigenvalue weighted by Crippen LogP contribution is -2.46. The maximum absolute atomic E-state index is 12.5. The number of thiophene rings is 1. The van der Waals surface area contributed by atoms with E-state index in [9.17, 15) is 13.2 Å². The van der Waals surface area contributed by atoms with Crippen molar-refractivity contribution in [2.45, 2.75) is 23.1 Å². The number of amides is 1. The van der Waals surface area contributed by atoms with E-state index < -0.39 is 10.0 Å². The molecule has 2 aliphatic heterocycles. The van der Waals surface area contributed by atoms with E-state index in [1.807, 2.05) is 0 Å². The monoisotopic (exact) mass is 394 g/mol. The number of fused-ring (bicyclic) bond motifs is 1. The molecular formula is C17H18N2O5S2. The maximum Gasteiger partial charge on any atom is 0.252 e. The van der Waals surface area contributed by atoms with Crippen LogP contribution < -0.4 is 14.8 Å². The molecular weight excluding hydrogens is 376 g/mol. The molecule has 1 amide bonds. The van der Waals surface area contributed by atoms with E-state index in [1.54, 1.807) is 35.7 Å². The fraction of sp³-hybridized carbons (Fsp3) is 0.353. The summed E-state index contributed by atoms with van der Waals surface area (Å²) in [6.45, 7) is 0.955. The standard InChI is InChI=1S/C17H18N2O5S2/c20-17(12-3-4-14-15(10-12)24-11-23-14)18-13-5-7-19(8-6-13)26(21,22)16-2-1-9-25-16/h1-4,9-10,13H,5-8,11H2,(H,18,20). The van der Waals surface area contributed by atoms with Gasteiger partial charge < -0.3 is 14.8 Å². The van der Waals surface area contributed by atoms with E-state index in [0.29, 0.717) is 47.2 Å². The highest BCUT2D eigenvalue weighted by Crippen LogP contribution is 2.32. The van der Waals surface area contributed by atoms with Gasteiger partial charge in [0.2, 0.25) is 6.79 Å². The van der Waals surface area contributed by atoms with Gasteiger partial charge in [0, 0.05) is 24.7 Å². The zero-order valence-electron chi connectivity index (χ0n) is 13.9. The highest BCUT2D eigenvalue weighted by atomic mass is 32.2. The van der Waals surface area contributed by atoms with Crippen molar-refractivity contribution in [2.75, 3.05) is 19.9 Å². The zero-order chi connectivity index (χ0) is 18.1. The van der Waals surface area contributed by atoms with E-state index in [4.69, 9.17) is 9.47 Å². The predicted octanol–water partition coefficient (Wildman–Crippen LogP) is 2.06. The molecule has 0 aliphatic carbocycles. The third-order valence-corrected chi connectivity index (χ3v) is 7.78. The van der Waals surface area contributed by atoms with E-state index in [2.05, 4.69) is 5.32 Å². The van der Waals surface area contributed by atoms with Gasteiger partial charge in [0.25, 0.3) is 15.9 Å². The first-order chi connectivity index (χ1) is 12.5. The Kier molecular flexibility index (Phi) is 4.60. The zero-order valence-corrected chi connectivity index (χ0v) is 15.5. The minimum absolute atomic E-state index is 0.0530. The van der Waals surface area contributed by atoms with Crippen LogP contribution >= 0.6 is 11.3 Å². The quantitative estimate of drug-likeness (QED) is 0.858. The molecule has 7 nitrogen and oxygen atoms in total. The first-order valence-corrected chi connectivity index (χ1v) is 10.6. The van der Waals surface area contributed by atoms with Crippen LogP contribution in [0.5, 0.6) is 11.5 Å². The highest BCUT2D eigenvalue weighted by molar-refractivity contribution is 7.91. The Hall–Kier alpha value is -2.10. The molecule has 0 bridgehead atoms. The van der Waals surface area contributed by atoms with Crippen molar-refractivity contribution in [3.05, 3.63) is 41.3 Å². The molecule has 1 N–H and O–H groups in total. The second-order valence-electron chi connectivity index (χ2n) is 6.15. The summed E-state index contributed by atoms with van der Waals surface area (Å²) >= 11 is 1.22. The molecule has 0 radical (unpaired) electrons. The smallest absolute Gasteiger partial charge is 0.252 e. The third-order valence-electron chi connectivity index (χ3n) is 4.51. The van der Waals surface area contributed by atoms with Crippen LogP contribution in [0.4, 0.5) is 0 Å². The Morgan fingerprint density at radius 1 is 1.15 bits per heavy atom. The van der Waals surface area contributed by atoms with Gasteiger partial charge in [-0.2, -0.15) is 4.31 Å². The number of carbonyl (C=O) groups is 1. The van der Waals surface area contributed by atoms with Crippen LogP contribution in [0.25, 0.3) is 0 Å². The Labute approximate surface area is 155 Å². The number of ether oxygens (including phenoxy) is 2. The lowest BCUT2D eigenvalue weighted by atomic mass is 10.1. The molecule has 138 valence electrons. The molecule has 0 saturated carbocycles. The first-order valence-electron chi connectivity index (χ1n) is 8.28. The molecule has 0 atom stereocenters. The summed E-state index contributed by atoms with van der Waals surface area (Å²) in [5.41, 5.74) is 0.503. The number of hydrogen-bond acceptors (Lipinski definition) is 6. The molecule has 1 aromatic heterocycles. The minimum atomic E-state index is -3.42. The molecule has 26 heavy (non-hydrogen) atoms. The number of piperidine rings is 1. The van der Waals surface area contributed by atoms with Gasteiger partial charge >= 0.3 is 0 Å². The molecule has 9 heteroatoms. The number of nitrogens with zero attached hydrogens (tertiary/aromatic N) is 1. The SMILES string of the molecule is O=C(NC1CCN(S(=O)(=O)c2cccs2)CC1)c1ccc2c(c1)OCO2. The van der Waals surface area contributed by atoms with Gasteiger partial charge in [-0.15, -0.1) is 11.3 Å². The number of nitrogens with one attached hydrogen (secondary N) is 1. The molecule has 0 spiro atoms. The fourth-order valence-corrected chi connectivity index (χ4v) is 5.70. The van der Waals surface area contributed by atoms with Crippen LogP contribution in [0.15, 0.2) is 39.9 Å². The molecule has 1 saturated heterocycles. The van der Waals surface area contributed by atoms with Crippen LogP contribution in [0.1, 0.15) is 23.2 Å². The fourth-order valence-electron chi connectivity index (χ4n) is 3.08. The second-order valence-corrected chi connectivity index (χ2v) is 9.26. The summed E-state index contributed by atoms with van der Waals surface area (Å²) in [6, 6.07) is 8.37. The van der Waals surface area contributed by atoms with Gasteiger partial charge in [0.15, 0.2) is 11.5 Å². The van der Waals surface area contributed by atoms with E-state index in [1.165, 1.54) is 15.6 Å². The number of rotatable bonds is 4. The molecule has 1 aromatic carbocycles. The summed E-state index contributed by atoms with van der Waals surface area (Å²) in [6.07, 6.45) is 1.17. The Morgan fingerprint density at radius 2 is 1.92 bits per heavy atom. The highest BCUT2D eigenvalue weighted by Gasteiger charge is 2.30. The summed E-state index contributed by atoms with van der Waals surface area (Å²) < 4.78 is 37.4. The van der Waals surface area contributed by atoms with Gasteiger partial charge in [-0.3, -0.25) is 4.79 Å². The van der Waals surface area contributed by atoms with E-state index >= 15 is 0 Å². The van der Waals surface area contributed by atoms with Crippen molar-refractivity contribution >= 4 is 27.3 Å². The first kappa shape index (κ1) is 17.3. The normalized spacial score (nSPS) is 18.0. The summed E-state index contributed by atoms with van der Waals surface area (Å²) in [7, 11) is -3.42. The Morgan fingerprint density at radius 3 is 2.65 bits per heavy atom. The largest absolute Gasteiger partial charge is 0.454 e. The van der Waals surface area contributed by atoms with Crippen LogP contribution in [0, 0.1) is 0 Å². The number of hydrogen-bond donors (Lipinski definition) is 1. The number of sulfonamides is 1. The van der Waals surface area contributed by atoms with Crippen LogP contribution in [0.3, 0.4) is 0 Å². The second kappa shape index (κ2) is 6.90. The molecule has 0 unspecified atom stereocenters. The van der Waals surface area contributed by atoms with Crippen LogP contribution in [0.2, 0.25) is 0 Å². The molecule has 2 aliphatic rings. The lowest BCUT2D eigenvalue weighted by molar-refractivity contribution is 0.0923. The Bertz CT molecular complexity index is 903. The van der Waals surface area contributed by atoms with Gasteiger partial charge in [0.1, 0.15) is 4.21 Å². The van der Waals surface area contributed by atoms with Crippen molar-refractivity contribution < 1.29 is 22.7 Å². The number of carbonyl (C=O) groups excluding carboxylic acids is 1. The third kappa shape index (κ3) is 3.29. The van der Waals surface area contributed by atoms with Gasteiger partial charge in [0.05, 0.1) is 0 Å². The van der Waals surface area contributed by atoms with E-state index in [-0.39, 0.29) is 18.7 Å². The van der Waals surface area contributed by atoms with Crippen molar-refractivity contribution in [3.63, 3.8) is 0 Å². The van der Waals surface area contributed by atoms with Crippen LogP contribution in [-0.4, -0.2) is 44.6 Å². The molecule has 3 heterocycles.